The van der Waals surface area contributed by atoms with Crippen molar-refractivity contribution < 1.29 is 13.5 Å². The number of hydrogen-bond acceptors (Lipinski definition) is 5. The summed E-state index contributed by atoms with van der Waals surface area (Å²) >= 11 is 1.16. The van der Waals surface area contributed by atoms with E-state index in [9.17, 15) is 8.42 Å². The van der Waals surface area contributed by atoms with Gasteiger partial charge in [-0.2, -0.15) is 0 Å². The van der Waals surface area contributed by atoms with E-state index in [-0.39, 0.29) is 10.8 Å². The van der Waals surface area contributed by atoms with Crippen LogP contribution in [0.1, 0.15) is 10.4 Å². The normalized spacial score (nSPS) is 11.5. The molecule has 1 heterocycles. The predicted octanol–water partition coefficient (Wildman–Crippen LogP) is 1.54. The highest BCUT2D eigenvalue weighted by atomic mass is 32.2. The quantitative estimate of drug-likeness (QED) is 0.754. The first kappa shape index (κ1) is 15.0. The second kappa shape index (κ2) is 6.36. The minimum atomic E-state index is -3.56. The molecule has 20 heavy (non-hydrogen) atoms. The number of hydrogen-bond donors (Lipinski definition) is 3. The minimum Gasteiger partial charge on any atom is -0.396 e. The number of anilines is 1. The Labute approximate surface area is 122 Å². The second-order valence-corrected chi connectivity index (χ2v) is 7.28. The van der Waals surface area contributed by atoms with E-state index >= 15 is 0 Å². The van der Waals surface area contributed by atoms with Crippen molar-refractivity contribution in [3.63, 3.8) is 0 Å². The fourth-order valence-corrected chi connectivity index (χ4v) is 3.98. The molecule has 2 rings (SSSR count). The highest BCUT2D eigenvalue weighted by Crippen LogP contribution is 2.23. The molecule has 108 valence electrons. The predicted molar refractivity (Wildman–Crippen MR) is 80.3 cm³/mol. The molecule has 1 aromatic heterocycles. The van der Waals surface area contributed by atoms with Crippen molar-refractivity contribution in [2.75, 3.05) is 11.3 Å². The Bertz CT molecular complexity index is 663. The zero-order chi connectivity index (χ0) is 14.6. The molecule has 0 amide bonds. The van der Waals surface area contributed by atoms with Gasteiger partial charge in [-0.15, -0.1) is 11.3 Å². The SMILES string of the molecule is NCc1ccc(S(=O)(=O)Nc2ccc(CCO)cc2)s1. The third kappa shape index (κ3) is 3.57. The number of benzene rings is 1. The van der Waals surface area contributed by atoms with Crippen molar-refractivity contribution in [2.24, 2.45) is 5.73 Å². The molecule has 7 heteroatoms. The number of thiophene rings is 1. The molecule has 0 radical (unpaired) electrons. The summed E-state index contributed by atoms with van der Waals surface area (Å²) in [6.07, 6.45) is 0.553. The summed E-state index contributed by atoms with van der Waals surface area (Å²) in [6.45, 7) is 0.401. The highest BCUT2D eigenvalue weighted by Gasteiger charge is 2.16. The molecular formula is C13H16N2O3S2. The van der Waals surface area contributed by atoms with Gasteiger partial charge in [0.05, 0.1) is 0 Å². The molecule has 0 saturated heterocycles. The van der Waals surface area contributed by atoms with Crippen molar-refractivity contribution >= 4 is 27.0 Å². The molecule has 0 aliphatic heterocycles. The molecule has 0 unspecified atom stereocenters. The molecule has 5 nitrogen and oxygen atoms in total. The van der Waals surface area contributed by atoms with Crippen LogP contribution in [0.15, 0.2) is 40.6 Å². The Balaban J connectivity index is 2.15. The largest absolute Gasteiger partial charge is 0.396 e. The van der Waals surface area contributed by atoms with Gasteiger partial charge in [-0.25, -0.2) is 8.42 Å². The Hall–Kier alpha value is -1.41. The van der Waals surface area contributed by atoms with Crippen LogP contribution in [0.25, 0.3) is 0 Å². The third-order valence-corrected chi connectivity index (χ3v) is 5.69. The second-order valence-electron chi connectivity index (χ2n) is 4.20. The lowest BCUT2D eigenvalue weighted by Gasteiger charge is -2.07. The number of nitrogens with one attached hydrogen (secondary N) is 1. The monoisotopic (exact) mass is 312 g/mol. The summed E-state index contributed by atoms with van der Waals surface area (Å²) in [5.74, 6) is 0. The standard InChI is InChI=1S/C13H16N2O3S2/c14-9-12-5-6-13(19-12)20(17,18)15-11-3-1-10(2-4-11)7-8-16/h1-6,15-16H,7-9,14H2. The lowest BCUT2D eigenvalue weighted by molar-refractivity contribution is 0.299. The van der Waals surface area contributed by atoms with Crippen LogP contribution >= 0.6 is 11.3 Å². The van der Waals surface area contributed by atoms with Crippen LogP contribution in [0.5, 0.6) is 0 Å². The topological polar surface area (TPSA) is 92.4 Å². The van der Waals surface area contributed by atoms with Gasteiger partial charge in [0.1, 0.15) is 4.21 Å². The number of aliphatic hydroxyl groups excluding tert-OH is 1. The van der Waals surface area contributed by atoms with Crippen molar-refractivity contribution in [1.29, 1.82) is 0 Å². The van der Waals surface area contributed by atoms with Crippen LogP contribution in [0.3, 0.4) is 0 Å². The van der Waals surface area contributed by atoms with Crippen molar-refractivity contribution in [3.8, 4) is 0 Å². The molecule has 0 aliphatic carbocycles. The molecule has 0 atom stereocenters. The Morgan fingerprint density at radius 3 is 2.40 bits per heavy atom. The van der Waals surface area contributed by atoms with Crippen LogP contribution in [-0.4, -0.2) is 20.1 Å². The van der Waals surface area contributed by atoms with Gasteiger partial charge in [-0.1, -0.05) is 12.1 Å². The maximum atomic E-state index is 12.2. The molecule has 1 aromatic carbocycles. The van der Waals surface area contributed by atoms with Crippen LogP contribution in [0.2, 0.25) is 0 Å². The Morgan fingerprint density at radius 1 is 1.15 bits per heavy atom. The molecule has 0 bridgehead atoms. The van der Waals surface area contributed by atoms with E-state index < -0.39 is 10.0 Å². The van der Waals surface area contributed by atoms with Crippen molar-refractivity contribution in [3.05, 3.63) is 46.8 Å². The Morgan fingerprint density at radius 2 is 1.85 bits per heavy atom. The maximum absolute atomic E-state index is 12.2. The molecular weight excluding hydrogens is 296 g/mol. The van der Waals surface area contributed by atoms with Crippen LogP contribution in [-0.2, 0) is 23.0 Å². The highest BCUT2D eigenvalue weighted by molar-refractivity contribution is 7.94. The molecule has 0 saturated carbocycles. The van der Waals surface area contributed by atoms with Gasteiger partial charge in [0.2, 0.25) is 0 Å². The average Bonchev–Trinajstić information content (AvgIpc) is 2.91. The van der Waals surface area contributed by atoms with Gasteiger partial charge in [-0.05, 0) is 36.2 Å². The van der Waals surface area contributed by atoms with E-state index in [4.69, 9.17) is 10.8 Å². The maximum Gasteiger partial charge on any atom is 0.271 e. The van der Waals surface area contributed by atoms with Gasteiger partial charge in [-0.3, -0.25) is 4.72 Å². The van der Waals surface area contributed by atoms with Crippen molar-refractivity contribution in [1.82, 2.24) is 0 Å². The summed E-state index contributed by atoms with van der Waals surface area (Å²) in [5.41, 5.74) is 6.93. The summed E-state index contributed by atoms with van der Waals surface area (Å²) in [7, 11) is -3.56. The molecule has 0 aliphatic rings. The van der Waals surface area contributed by atoms with E-state index in [1.54, 1.807) is 36.4 Å². The average molecular weight is 312 g/mol. The van der Waals surface area contributed by atoms with E-state index in [1.807, 2.05) is 0 Å². The summed E-state index contributed by atoms with van der Waals surface area (Å²) in [6, 6.07) is 10.2. The summed E-state index contributed by atoms with van der Waals surface area (Å²) < 4.78 is 27.1. The smallest absolute Gasteiger partial charge is 0.271 e. The first-order valence-corrected chi connectivity index (χ1v) is 8.36. The van der Waals surface area contributed by atoms with E-state index in [1.165, 1.54) is 0 Å². The van der Waals surface area contributed by atoms with Crippen LogP contribution in [0, 0.1) is 0 Å². The van der Waals surface area contributed by atoms with E-state index in [0.717, 1.165) is 21.8 Å². The van der Waals surface area contributed by atoms with Gasteiger partial charge >= 0.3 is 0 Å². The molecule has 4 N–H and O–H groups in total. The third-order valence-electron chi connectivity index (χ3n) is 2.71. The minimum absolute atomic E-state index is 0.0716. The lowest BCUT2D eigenvalue weighted by Crippen LogP contribution is -2.11. The lowest BCUT2D eigenvalue weighted by atomic mass is 10.1. The zero-order valence-electron chi connectivity index (χ0n) is 10.7. The van der Waals surface area contributed by atoms with Crippen LogP contribution < -0.4 is 10.5 Å². The fourth-order valence-electron chi connectivity index (χ4n) is 1.69. The Kier molecular flexibility index (Phi) is 4.77. The fraction of sp³-hybridized carbons (Fsp3) is 0.231. The van der Waals surface area contributed by atoms with E-state index in [0.29, 0.717) is 18.7 Å². The zero-order valence-corrected chi connectivity index (χ0v) is 12.4. The van der Waals surface area contributed by atoms with Crippen LogP contribution in [0.4, 0.5) is 5.69 Å². The van der Waals surface area contributed by atoms with Gasteiger partial charge in [0.15, 0.2) is 0 Å². The van der Waals surface area contributed by atoms with E-state index in [2.05, 4.69) is 4.72 Å². The first-order chi connectivity index (χ1) is 9.55. The molecule has 2 aromatic rings. The first-order valence-electron chi connectivity index (χ1n) is 6.06. The number of rotatable bonds is 6. The van der Waals surface area contributed by atoms with Gasteiger partial charge < -0.3 is 10.8 Å². The summed E-state index contributed by atoms with van der Waals surface area (Å²) in [5, 5.41) is 8.83. The van der Waals surface area contributed by atoms with Gasteiger partial charge in [0, 0.05) is 23.7 Å². The molecule has 0 fully saturated rings. The number of sulfonamides is 1. The van der Waals surface area contributed by atoms with Gasteiger partial charge in [0.25, 0.3) is 10.0 Å². The van der Waals surface area contributed by atoms with Crippen molar-refractivity contribution in [2.45, 2.75) is 17.2 Å². The molecule has 0 spiro atoms. The summed E-state index contributed by atoms with van der Waals surface area (Å²) in [4.78, 5) is 0.823. The number of nitrogens with two attached hydrogens (primary N) is 1. The number of aliphatic hydroxyl groups is 1.